The Kier molecular flexibility index (Phi) is 6.76. The molecule has 1 aromatic carbocycles. The molecular weight excluding hydrogens is 521 g/mol. The summed E-state index contributed by atoms with van der Waals surface area (Å²) in [5, 5.41) is 5.88. The lowest BCUT2D eigenvalue weighted by Gasteiger charge is -2.11. The molecular formula is C22H18BrF3N4O2S. The summed E-state index contributed by atoms with van der Waals surface area (Å²) in [6.45, 7) is 0.134. The van der Waals surface area contributed by atoms with Crippen molar-refractivity contribution >= 4 is 44.9 Å². The van der Waals surface area contributed by atoms with E-state index >= 15 is 0 Å². The summed E-state index contributed by atoms with van der Waals surface area (Å²) in [5.74, 6) is 5.85. The molecule has 3 aromatic rings. The number of halogens is 4. The van der Waals surface area contributed by atoms with Crippen molar-refractivity contribution in [2.24, 2.45) is 0 Å². The fraction of sp³-hybridized carbons (Fsp3) is 0.273. The summed E-state index contributed by atoms with van der Waals surface area (Å²) in [4.78, 5) is 16.5. The number of anilines is 1. The van der Waals surface area contributed by atoms with Gasteiger partial charge in [-0.3, -0.25) is 9.20 Å². The number of thioether (sulfide) groups is 1. The van der Waals surface area contributed by atoms with Gasteiger partial charge in [-0.15, -0.1) is 0 Å². The van der Waals surface area contributed by atoms with Crippen LogP contribution in [0.1, 0.15) is 28.9 Å². The minimum absolute atomic E-state index is 0.0325. The normalized spacial score (nSPS) is 13.4. The van der Waals surface area contributed by atoms with Crippen LogP contribution in [0.15, 0.2) is 46.0 Å². The van der Waals surface area contributed by atoms with Gasteiger partial charge in [0.05, 0.1) is 23.8 Å². The predicted octanol–water partition coefficient (Wildman–Crippen LogP) is 5.07. The largest absolute Gasteiger partial charge is 0.495 e. The monoisotopic (exact) mass is 538 g/mol. The molecule has 6 nitrogen and oxygen atoms in total. The third-order valence-corrected chi connectivity index (χ3v) is 6.16. The van der Waals surface area contributed by atoms with Gasteiger partial charge in [0.15, 0.2) is 5.65 Å². The molecule has 33 heavy (non-hydrogen) atoms. The number of aromatic nitrogens is 2. The molecule has 1 fully saturated rings. The van der Waals surface area contributed by atoms with Gasteiger partial charge in [0.1, 0.15) is 16.5 Å². The highest BCUT2D eigenvalue weighted by Gasteiger charge is 2.33. The van der Waals surface area contributed by atoms with E-state index in [2.05, 4.69) is 43.4 Å². The van der Waals surface area contributed by atoms with Crippen molar-refractivity contribution < 1.29 is 22.7 Å². The molecule has 0 unspecified atom stereocenters. The molecule has 11 heteroatoms. The molecule has 0 spiro atoms. The van der Waals surface area contributed by atoms with Gasteiger partial charge in [-0.25, -0.2) is 4.98 Å². The van der Waals surface area contributed by atoms with E-state index in [4.69, 9.17) is 4.74 Å². The van der Waals surface area contributed by atoms with Crippen LogP contribution >= 0.6 is 27.7 Å². The Hall–Kier alpha value is -2.84. The maximum Gasteiger partial charge on any atom is 0.447 e. The quantitative estimate of drug-likeness (QED) is 0.338. The van der Waals surface area contributed by atoms with E-state index < -0.39 is 5.51 Å². The summed E-state index contributed by atoms with van der Waals surface area (Å²) in [7, 11) is 1.49. The Morgan fingerprint density at radius 2 is 2.15 bits per heavy atom. The predicted molar refractivity (Wildman–Crippen MR) is 124 cm³/mol. The number of carbonyl (C=O) groups is 1. The summed E-state index contributed by atoms with van der Waals surface area (Å²) in [5.41, 5.74) is -3.00. The number of pyridine rings is 1. The molecule has 1 aliphatic rings. The van der Waals surface area contributed by atoms with Gasteiger partial charge in [0.25, 0.3) is 5.91 Å². The first-order valence-electron chi connectivity index (χ1n) is 9.89. The molecule has 2 heterocycles. The minimum atomic E-state index is -4.48. The number of amides is 1. The first-order valence-corrected chi connectivity index (χ1v) is 11.5. The molecule has 0 saturated heterocycles. The molecule has 1 saturated carbocycles. The van der Waals surface area contributed by atoms with Crippen molar-refractivity contribution in [1.29, 1.82) is 0 Å². The first kappa shape index (κ1) is 23.3. The van der Waals surface area contributed by atoms with Gasteiger partial charge in [0, 0.05) is 29.6 Å². The smallest absolute Gasteiger partial charge is 0.447 e. The SMILES string of the molecule is COc1cc(C(=O)NC2CC2)ccc1NCC#Cc1nc2c(Br)cccn2c1SC(F)(F)F. The highest BCUT2D eigenvalue weighted by atomic mass is 79.9. The molecule has 2 N–H and O–H groups in total. The summed E-state index contributed by atoms with van der Waals surface area (Å²) < 4.78 is 46.6. The van der Waals surface area contributed by atoms with E-state index in [1.807, 2.05) is 0 Å². The number of benzene rings is 1. The number of hydrogen-bond donors (Lipinski definition) is 2. The van der Waals surface area contributed by atoms with Crippen LogP contribution in [0.25, 0.3) is 5.65 Å². The fourth-order valence-corrected chi connectivity index (χ4v) is 4.13. The lowest BCUT2D eigenvalue weighted by Crippen LogP contribution is -2.25. The molecule has 0 bridgehead atoms. The van der Waals surface area contributed by atoms with E-state index in [0.29, 0.717) is 27.1 Å². The van der Waals surface area contributed by atoms with Gasteiger partial charge in [-0.05, 0) is 65.0 Å². The number of ether oxygens (including phenoxy) is 1. The zero-order chi connectivity index (χ0) is 23.6. The standard InChI is InChI=1S/C22H18BrF3N4O2S/c1-32-18-12-13(20(31)28-14-7-8-14)6-9-16(18)27-10-2-5-17-21(33-22(24,25)26)30-11-3-4-15(23)19(30)29-17/h3-4,6,9,11-12,14,27H,7-8,10H2,1H3,(H,28,31). The summed E-state index contributed by atoms with van der Waals surface area (Å²) >= 11 is 3.05. The van der Waals surface area contributed by atoms with Crippen LogP contribution in [0.2, 0.25) is 0 Å². The van der Waals surface area contributed by atoms with E-state index in [0.717, 1.165) is 12.8 Å². The highest BCUT2D eigenvalue weighted by molar-refractivity contribution is 9.10. The minimum Gasteiger partial charge on any atom is -0.495 e. The molecule has 0 aliphatic heterocycles. The Balaban J connectivity index is 1.51. The Bertz CT molecular complexity index is 1260. The second-order valence-corrected chi connectivity index (χ2v) is 9.09. The van der Waals surface area contributed by atoms with Crippen LogP contribution in [0.3, 0.4) is 0 Å². The van der Waals surface area contributed by atoms with Crippen LogP contribution in [-0.4, -0.2) is 40.5 Å². The summed E-state index contributed by atoms with van der Waals surface area (Å²) in [6.07, 6.45) is 3.50. The van der Waals surface area contributed by atoms with Crippen LogP contribution in [0.5, 0.6) is 5.75 Å². The number of nitrogens with zero attached hydrogens (tertiary/aromatic N) is 2. The van der Waals surface area contributed by atoms with Crippen molar-refractivity contribution in [2.45, 2.75) is 29.4 Å². The second-order valence-electron chi connectivity index (χ2n) is 7.18. The molecule has 172 valence electrons. The maximum atomic E-state index is 13.1. The zero-order valence-electron chi connectivity index (χ0n) is 17.3. The topological polar surface area (TPSA) is 67.7 Å². The zero-order valence-corrected chi connectivity index (χ0v) is 19.7. The molecule has 0 atom stereocenters. The van der Waals surface area contributed by atoms with Crippen molar-refractivity contribution in [2.75, 3.05) is 19.0 Å². The molecule has 0 radical (unpaired) electrons. The number of hydrogen-bond acceptors (Lipinski definition) is 5. The van der Waals surface area contributed by atoms with Gasteiger partial charge >= 0.3 is 5.51 Å². The van der Waals surface area contributed by atoms with Crippen LogP contribution in [0.4, 0.5) is 18.9 Å². The van der Waals surface area contributed by atoms with Gasteiger partial charge < -0.3 is 15.4 Å². The molecule has 1 aliphatic carbocycles. The van der Waals surface area contributed by atoms with Crippen molar-refractivity contribution in [3.05, 3.63) is 52.3 Å². The number of nitrogens with one attached hydrogen (secondary N) is 2. The van der Waals surface area contributed by atoms with Gasteiger partial charge in [0.2, 0.25) is 0 Å². The Morgan fingerprint density at radius 1 is 1.36 bits per heavy atom. The number of methoxy groups -OCH3 is 1. The van der Waals surface area contributed by atoms with Crippen molar-refractivity contribution in [1.82, 2.24) is 14.7 Å². The number of fused-ring (bicyclic) bond motifs is 1. The molecule has 4 rings (SSSR count). The Labute approximate surface area is 200 Å². The van der Waals surface area contributed by atoms with Crippen LogP contribution in [-0.2, 0) is 0 Å². The van der Waals surface area contributed by atoms with Crippen LogP contribution in [0, 0.1) is 11.8 Å². The van der Waals surface area contributed by atoms with E-state index in [9.17, 15) is 18.0 Å². The number of alkyl halides is 3. The van der Waals surface area contributed by atoms with Gasteiger partial charge in [-0.2, -0.15) is 13.2 Å². The summed E-state index contributed by atoms with van der Waals surface area (Å²) in [6, 6.07) is 8.58. The number of carbonyl (C=O) groups excluding carboxylic acids is 1. The van der Waals surface area contributed by atoms with Crippen LogP contribution < -0.4 is 15.4 Å². The lowest BCUT2D eigenvalue weighted by atomic mass is 10.1. The lowest BCUT2D eigenvalue weighted by molar-refractivity contribution is -0.0330. The Morgan fingerprint density at radius 3 is 2.85 bits per heavy atom. The van der Waals surface area contributed by atoms with Crippen molar-refractivity contribution in [3.8, 4) is 17.6 Å². The number of imidazole rings is 1. The second kappa shape index (κ2) is 9.57. The van der Waals surface area contributed by atoms with E-state index in [1.165, 1.54) is 17.7 Å². The number of rotatable bonds is 6. The van der Waals surface area contributed by atoms with E-state index in [-0.39, 0.29) is 41.0 Å². The average Bonchev–Trinajstić information content (AvgIpc) is 3.52. The third kappa shape index (κ3) is 5.75. The fourth-order valence-electron chi connectivity index (χ4n) is 3.04. The highest BCUT2D eigenvalue weighted by Crippen LogP contribution is 2.39. The van der Waals surface area contributed by atoms with Crippen molar-refractivity contribution in [3.63, 3.8) is 0 Å². The first-order chi connectivity index (χ1) is 15.7. The van der Waals surface area contributed by atoms with Gasteiger partial charge in [-0.1, -0.05) is 5.92 Å². The molecule has 2 aromatic heterocycles. The molecule has 1 amide bonds. The average molecular weight is 539 g/mol. The third-order valence-electron chi connectivity index (χ3n) is 4.72. The van der Waals surface area contributed by atoms with E-state index in [1.54, 1.807) is 30.3 Å². The maximum absolute atomic E-state index is 13.1.